The minimum Gasteiger partial charge on any atom is -0.394 e. The molecular formula is C18H36O2Si. The molecule has 0 saturated heterocycles. The summed E-state index contributed by atoms with van der Waals surface area (Å²) in [5.74, 6) is 0.732. The van der Waals surface area contributed by atoms with Gasteiger partial charge < -0.3 is 8.85 Å². The lowest BCUT2D eigenvalue weighted by Crippen LogP contribution is -2.52. The van der Waals surface area contributed by atoms with E-state index in [2.05, 4.69) is 27.3 Å². The molecular weight excluding hydrogens is 276 g/mol. The van der Waals surface area contributed by atoms with E-state index in [1.807, 2.05) is 0 Å². The van der Waals surface area contributed by atoms with E-state index in [4.69, 9.17) is 8.85 Å². The third-order valence-electron chi connectivity index (χ3n) is 5.83. The molecule has 2 nitrogen and oxygen atoms in total. The maximum Gasteiger partial charge on any atom is 0.338 e. The Morgan fingerprint density at radius 3 is 1.95 bits per heavy atom. The van der Waals surface area contributed by atoms with E-state index in [0.29, 0.717) is 5.54 Å². The fourth-order valence-electron chi connectivity index (χ4n) is 4.55. The van der Waals surface area contributed by atoms with E-state index in [0.717, 1.165) is 12.5 Å². The molecule has 21 heavy (non-hydrogen) atoms. The molecule has 2 rings (SSSR count). The zero-order chi connectivity index (χ0) is 15.3. The molecule has 0 radical (unpaired) electrons. The molecule has 1 unspecified atom stereocenters. The van der Waals surface area contributed by atoms with Gasteiger partial charge in [0, 0.05) is 12.1 Å². The molecule has 0 heterocycles. The smallest absolute Gasteiger partial charge is 0.338 e. The van der Waals surface area contributed by atoms with Crippen LogP contribution in [0.3, 0.4) is 0 Å². The average molecular weight is 313 g/mol. The van der Waals surface area contributed by atoms with Crippen LogP contribution in [0.2, 0.25) is 12.1 Å². The summed E-state index contributed by atoms with van der Waals surface area (Å²) in [7, 11) is -2.08. The van der Waals surface area contributed by atoms with E-state index in [1.54, 1.807) is 0 Å². The predicted octanol–water partition coefficient (Wildman–Crippen LogP) is 5.80. The fraction of sp³-hybridized carbons (Fsp3) is 1.00. The molecule has 2 fully saturated rings. The van der Waals surface area contributed by atoms with Crippen LogP contribution in [-0.2, 0) is 8.85 Å². The van der Waals surface area contributed by atoms with Gasteiger partial charge in [0.1, 0.15) is 0 Å². The second-order valence-electron chi connectivity index (χ2n) is 7.82. The quantitative estimate of drug-likeness (QED) is 0.455. The molecule has 0 aliphatic heterocycles. The Hall–Kier alpha value is 0.137. The van der Waals surface area contributed by atoms with Gasteiger partial charge in [-0.1, -0.05) is 38.5 Å². The Bertz CT molecular complexity index is 304. The summed E-state index contributed by atoms with van der Waals surface area (Å²) in [5.41, 5.74) is 0.694. The Balaban J connectivity index is 2.08. The van der Waals surface area contributed by atoms with Crippen molar-refractivity contribution in [3.63, 3.8) is 0 Å². The van der Waals surface area contributed by atoms with Crippen LogP contribution in [0.5, 0.6) is 0 Å². The molecule has 3 heteroatoms. The van der Waals surface area contributed by atoms with E-state index < -0.39 is 8.56 Å². The van der Waals surface area contributed by atoms with Gasteiger partial charge in [-0.25, -0.2) is 0 Å². The molecule has 0 aromatic rings. The lowest BCUT2D eigenvalue weighted by molar-refractivity contribution is 0.00109. The minimum atomic E-state index is -2.08. The predicted molar refractivity (Wildman–Crippen MR) is 91.8 cm³/mol. The minimum absolute atomic E-state index is 0.00105. The van der Waals surface area contributed by atoms with Crippen LogP contribution >= 0.6 is 0 Å². The number of rotatable bonds is 6. The van der Waals surface area contributed by atoms with Crippen LogP contribution in [0.4, 0.5) is 0 Å². The molecule has 0 bridgehead atoms. The van der Waals surface area contributed by atoms with Gasteiger partial charge in [0.2, 0.25) is 0 Å². The molecule has 0 spiro atoms. The second-order valence-corrected chi connectivity index (χ2v) is 11.2. The van der Waals surface area contributed by atoms with Crippen LogP contribution in [0.25, 0.3) is 0 Å². The summed E-state index contributed by atoms with van der Waals surface area (Å²) >= 11 is 0. The van der Waals surface area contributed by atoms with E-state index >= 15 is 0 Å². The van der Waals surface area contributed by atoms with Crippen LogP contribution in [0.15, 0.2) is 0 Å². The Morgan fingerprint density at radius 1 is 0.905 bits per heavy atom. The molecule has 0 aromatic carbocycles. The molecule has 0 amide bonds. The SMILES string of the molecule is CCO[Si](C)(OC(C)(C)C1CCCC1)C1CCCCCC1. The lowest BCUT2D eigenvalue weighted by atomic mass is 9.90. The summed E-state index contributed by atoms with van der Waals surface area (Å²) < 4.78 is 13.2. The van der Waals surface area contributed by atoms with Crippen LogP contribution in [-0.4, -0.2) is 20.8 Å². The normalized spacial score (nSPS) is 25.7. The fourth-order valence-corrected chi connectivity index (χ4v) is 8.25. The first-order chi connectivity index (χ1) is 9.98. The van der Waals surface area contributed by atoms with Gasteiger partial charge in [-0.05, 0) is 58.9 Å². The summed E-state index contributed by atoms with van der Waals surface area (Å²) in [5, 5.41) is 0. The summed E-state index contributed by atoms with van der Waals surface area (Å²) in [4.78, 5) is 0. The van der Waals surface area contributed by atoms with Gasteiger partial charge in [0.05, 0.1) is 5.60 Å². The van der Waals surface area contributed by atoms with Crippen LogP contribution in [0, 0.1) is 5.92 Å². The van der Waals surface area contributed by atoms with E-state index in [-0.39, 0.29) is 5.60 Å². The van der Waals surface area contributed by atoms with E-state index in [9.17, 15) is 0 Å². The lowest BCUT2D eigenvalue weighted by Gasteiger charge is -2.43. The highest BCUT2D eigenvalue weighted by molar-refractivity contribution is 6.67. The zero-order valence-corrected chi connectivity index (χ0v) is 15.7. The highest BCUT2D eigenvalue weighted by atomic mass is 28.4. The maximum atomic E-state index is 6.86. The van der Waals surface area contributed by atoms with Crippen molar-refractivity contribution in [1.29, 1.82) is 0 Å². The van der Waals surface area contributed by atoms with Crippen molar-refractivity contribution in [1.82, 2.24) is 0 Å². The number of hydrogen-bond donors (Lipinski definition) is 0. The van der Waals surface area contributed by atoms with Crippen molar-refractivity contribution in [3.05, 3.63) is 0 Å². The van der Waals surface area contributed by atoms with Crippen molar-refractivity contribution in [3.8, 4) is 0 Å². The van der Waals surface area contributed by atoms with Crippen molar-refractivity contribution in [2.75, 3.05) is 6.61 Å². The Morgan fingerprint density at radius 2 is 1.43 bits per heavy atom. The number of hydrogen-bond acceptors (Lipinski definition) is 2. The van der Waals surface area contributed by atoms with Crippen molar-refractivity contribution in [2.45, 2.75) is 103 Å². The van der Waals surface area contributed by atoms with Gasteiger partial charge in [-0.15, -0.1) is 0 Å². The largest absolute Gasteiger partial charge is 0.394 e. The molecule has 2 aliphatic carbocycles. The van der Waals surface area contributed by atoms with Crippen molar-refractivity contribution >= 4 is 8.56 Å². The van der Waals surface area contributed by atoms with Gasteiger partial charge >= 0.3 is 8.56 Å². The first-order valence-corrected chi connectivity index (χ1v) is 11.7. The van der Waals surface area contributed by atoms with Gasteiger partial charge in [-0.2, -0.15) is 0 Å². The highest BCUT2D eigenvalue weighted by Crippen LogP contribution is 2.43. The third kappa shape index (κ3) is 4.55. The monoisotopic (exact) mass is 312 g/mol. The third-order valence-corrected chi connectivity index (χ3v) is 9.69. The topological polar surface area (TPSA) is 18.5 Å². The summed E-state index contributed by atoms with van der Waals surface area (Å²) in [6.45, 7) is 9.94. The Labute approximate surface area is 133 Å². The first kappa shape index (κ1) is 17.5. The first-order valence-electron chi connectivity index (χ1n) is 9.32. The van der Waals surface area contributed by atoms with Crippen molar-refractivity contribution < 1.29 is 8.85 Å². The van der Waals surface area contributed by atoms with E-state index in [1.165, 1.54) is 64.2 Å². The Kier molecular flexibility index (Phi) is 6.34. The standard InChI is InChI=1S/C18H36O2Si/c1-5-19-21(4,17-14-8-6-7-9-15-17)20-18(2,3)16-12-10-11-13-16/h16-17H,5-15H2,1-4H3. The van der Waals surface area contributed by atoms with Crippen molar-refractivity contribution in [2.24, 2.45) is 5.92 Å². The van der Waals surface area contributed by atoms with Gasteiger partial charge in [0.25, 0.3) is 0 Å². The summed E-state index contributed by atoms with van der Waals surface area (Å²) in [6, 6.07) is 0. The molecule has 0 aromatic heterocycles. The second kappa shape index (κ2) is 7.61. The van der Waals surface area contributed by atoms with Gasteiger partial charge in [0.15, 0.2) is 0 Å². The molecule has 0 N–H and O–H groups in total. The maximum absolute atomic E-state index is 6.86. The average Bonchev–Trinajstić information content (AvgIpc) is 2.82. The molecule has 2 saturated carbocycles. The highest BCUT2D eigenvalue weighted by Gasteiger charge is 2.47. The molecule has 2 aliphatic rings. The zero-order valence-electron chi connectivity index (χ0n) is 14.7. The summed E-state index contributed by atoms with van der Waals surface area (Å²) in [6.07, 6.45) is 13.6. The molecule has 1 atom stereocenters. The van der Waals surface area contributed by atoms with Crippen LogP contribution in [0.1, 0.15) is 85.0 Å². The molecule has 124 valence electrons. The van der Waals surface area contributed by atoms with Gasteiger partial charge in [-0.3, -0.25) is 0 Å². The van der Waals surface area contributed by atoms with Crippen LogP contribution < -0.4 is 0 Å².